The smallest absolute Gasteiger partial charge is 0.252 e. The number of furan rings is 1. The van der Waals surface area contributed by atoms with Crippen molar-refractivity contribution < 1.29 is 4.42 Å². The van der Waals surface area contributed by atoms with Gasteiger partial charge in [-0.15, -0.1) is 0 Å². The third-order valence-corrected chi connectivity index (χ3v) is 19.4. The van der Waals surface area contributed by atoms with Gasteiger partial charge in [0.1, 0.15) is 11.2 Å². The predicted octanol–water partition coefficient (Wildman–Crippen LogP) is 20.6. The molecule has 0 fully saturated rings. The van der Waals surface area contributed by atoms with E-state index in [1.54, 1.807) is 0 Å². The molecule has 0 unspecified atom stereocenters. The van der Waals surface area contributed by atoms with Gasteiger partial charge >= 0.3 is 0 Å². The first-order valence-electron chi connectivity index (χ1n) is 31.3. The highest BCUT2D eigenvalue weighted by molar-refractivity contribution is 7.00. The number of hydrogen-bond acceptors (Lipinski definition) is 4. The lowest BCUT2D eigenvalue weighted by Crippen LogP contribution is -2.60. The molecule has 10 aromatic carbocycles. The number of rotatable bonds is 7. The molecule has 6 heteroatoms. The van der Waals surface area contributed by atoms with E-state index in [0.29, 0.717) is 0 Å². The molecule has 0 amide bonds. The zero-order valence-corrected chi connectivity index (χ0v) is 53.0. The molecular formula is C81H77BN4O. The van der Waals surface area contributed by atoms with Gasteiger partial charge < -0.3 is 23.7 Å². The van der Waals surface area contributed by atoms with E-state index >= 15 is 0 Å². The summed E-state index contributed by atoms with van der Waals surface area (Å²) >= 11 is 0. The molecule has 2 aliphatic heterocycles. The zero-order chi connectivity index (χ0) is 60.4. The second-order valence-corrected chi connectivity index (χ2v) is 29.5. The largest absolute Gasteiger partial charge is 0.456 e. The van der Waals surface area contributed by atoms with E-state index in [1.807, 2.05) is 0 Å². The van der Waals surface area contributed by atoms with Crippen LogP contribution in [0.4, 0.5) is 51.2 Å². The highest BCUT2D eigenvalue weighted by atomic mass is 16.3. The minimum atomic E-state index is -0.314. The monoisotopic (exact) mass is 1130 g/mol. The van der Waals surface area contributed by atoms with Crippen LogP contribution in [0.25, 0.3) is 49.7 Å². The van der Waals surface area contributed by atoms with Gasteiger partial charge in [-0.25, -0.2) is 0 Å². The van der Waals surface area contributed by atoms with Gasteiger partial charge in [0, 0.05) is 78.5 Å². The van der Waals surface area contributed by atoms with Crippen molar-refractivity contribution in [2.75, 3.05) is 14.7 Å². The molecule has 0 N–H and O–H groups in total. The summed E-state index contributed by atoms with van der Waals surface area (Å²) in [7, 11) is 0. The Morgan fingerprint density at radius 1 is 0.391 bits per heavy atom. The molecule has 12 aromatic rings. The number of nitrogens with zero attached hydrogens (tertiary/aromatic N) is 4. The zero-order valence-electron chi connectivity index (χ0n) is 53.0. The normalized spacial score (nSPS) is 14.1. The van der Waals surface area contributed by atoms with Crippen molar-refractivity contribution in [2.45, 2.75) is 124 Å². The van der Waals surface area contributed by atoms with Gasteiger partial charge in [0.2, 0.25) is 0 Å². The van der Waals surface area contributed by atoms with Crippen LogP contribution >= 0.6 is 0 Å². The SMILES string of the molecule is CC(C)(C)c1ccc(N(c2ccc(C(C)(C)C)cc2)c2ccc3c(c2)N(c2cccc4oc5ccccc5c24)c2cc(N(c4ccc(C(C)(C)C)cc4)c4ccc(C(C)(C)C)cc4)cc4c2B3c2cccc3c5c(n-4c23)C(C)(C)c2ccccc2-5)cc1. The van der Waals surface area contributed by atoms with Crippen LogP contribution in [0, 0.1) is 0 Å². The van der Waals surface area contributed by atoms with Crippen molar-refractivity contribution in [3.8, 4) is 16.8 Å². The van der Waals surface area contributed by atoms with Crippen molar-refractivity contribution in [1.29, 1.82) is 0 Å². The predicted molar refractivity (Wildman–Crippen MR) is 372 cm³/mol. The fourth-order valence-corrected chi connectivity index (χ4v) is 14.7. The standard InChI is InChI=1S/C81H77BN4O/c1-77(2,3)50-29-37-54(38-30-50)83(55-39-31-51(32-40-55)78(4,5)6)58-45-46-64-67(47-58)85(66-26-20-28-71-73(66)61-22-16-18-27-70(61)87-71)68-48-59(84(56-41-33-52(34-42-56)79(7,8)9)57-43-35-53(36-44-57)80(10,11)12)49-69-74(68)82(64)65-25-19-23-62-72-60-21-15-17-24-63(60)81(13,14)76(72)86(69)75(62)65/h15-49H,1-14H3. The summed E-state index contributed by atoms with van der Waals surface area (Å²) in [6.07, 6.45) is 0. The Bertz CT molecular complexity index is 4630. The van der Waals surface area contributed by atoms with E-state index in [1.165, 1.54) is 77.6 Å². The Labute approximate surface area is 514 Å². The maximum absolute atomic E-state index is 6.86. The summed E-state index contributed by atoms with van der Waals surface area (Å²) in [6, 6.07) is 81.0. The van der Waals surface area contributed by atoms with Gasteiger partial charge in [0.05, 0.1) is 16.8 Å². The van der Waals surface area contributed by atoms with Crippen LogP contribution < -0.4 is 31.1 Å². The van der Waals surface area contributed by atoms with Gasteiger partial charge in [-0.05, 0) is 162 Å². The number of para-hydroxylation sites is 2. The molecule has 87 heavy (non-hydrogen) atoms. The first-order valence-corrected chi connectivity index (χ1v) is 31.3. The van der Waals surface area contributed by atoms with Crippen LogP contribution in [0.15, 0.2) is 217 Å². The Balaban J connectivity index is 1.08. The van der Waals surface area contributed by atoms with E-state index < -0.39 is 0 Å². The van der Waals surface area contributed by atoms with Crippen LogP contribution in [0.2, 0.25) is 0 Å². The Morgan fingerprint density at radius 3 is 1.41 bits per heavy atom. The molecule has 0 atom stereocenters. The highest BCUT2D eigenvalue weighted by Crippen LogP contribution is 2.56. The maximum atomic E-state index is 6.86. The number of aromatic nitrogens is 1. The Hall–Kier alpha value is -9.00. The lowest BCUT2D eigenvalue weighted by atomic mass is 9.33. The van der Waals surface area contributed by atoms with E-state index in [-0.39, 0.29) is 33.8 Å². The summed E-state index contributed by atoms with van der Waals surface area (Å²) in [4.78, 5) is 7.58. The molecular weight excluding hydrogens is 1060 g/mol. The van der Waals surface area contributed by atoms with Crippen LogP contribution in [0.5, 0.6) is 0 Å². The third-order valence-electron chi connectivity index (χ3n) is 19.4. The number of benzene rings is 10. The summed E-state index contributed by atoms with van der Waals surface area (Å²) in [5, 5.41) is 3.46. The molecule has 0 saturated heterocycles. The van der Waals surface area contributed by atoms with E-state index in [2.05, 4.69) is 329 Å². The minimum absolute atomic E-state index is 0.00323. The van der Waals surface area contributed by atoms with Gasteiger partial charge in [-0.3, -0.25) is 0 Å². The molecule has 2 aromatic heterocycles. The van der Waals surface area contributed by atoms with Crippen LogP contribution in [0.3, 0.4) is 0 Å². The van der Waals surface area contributed by atoms with Gasteiger partial charge in [-0.2, -0.15) is 0 Å². The molecule has 5 nitrogen and oxygen atoms in total. The number of anilines is 9. The third kappa shape index (κ3) is 8.48. The van der Waals surface area contributed by atoms with Crippen molar-refractivity contribution in [3.05, 3.63) is 246 Å². The molecule has 3 aliphatic rings. The van der Waals surface area contributed by atoms with Gasteiger partial charge in [-0.1, -0.05) is 218 Å². The molecule has 1 aliphatic carbocycles. The first kappa shape index (κ1) is 54.6. The van der Waals surface area contributed by atoms with Crippen molar-refractivity contribution in [2.24, 2.45) is 0 Å². The van der Waals surface area contributed by atoms with Gasteiger partial charge in [0.25, 0.3) is 6.71 Å². The van der Waals surface area contributed by atoms with Gasteiger partial charge in [0.15, 0.2) is 0 Å². The first-order chi connectivity index (χ1) is 41.4. The molecule has 0 radical (unpaired) electrons. The molecule has 0 spiro atoms. The second-order valence-electron chi connectivity index (χ2n) is 29.5. The minimum Gasteiger partial charge on any atom is -0.456 e. The summed E-state index contributed by atoms with van der Waals surface area (Å²) in [6.45, 7) is 32.3. The lowest BCUT2D eigenvalue weighted by molar-refractivity contribution is 0.590. The quantitative estimate of drug-likeness (QED) is 0.149. The molecule has 0 saturated carbocycles. The van der Waals surface area contributed by atoms with Crippen molar-refractivity contribution in [1.82, 2.24) is 4.57 Å². The van der Waals surface area contributed by atoms with Crippen molar-refractivity contribution in [3.63, 3.8) is 0 Å². The Kier molecular flexibility index (Phi) is 11.9. The summed E-state index contributed by atoms with van der Waals surface area (Å²) in [5.74, 6) is 0. The fourth-order valence-electron chi connectivity index (χ4n) is 14.7. The van der Waals surface area contributed by atoms with Crippen LogP contribution in [0.1, 0.15) is 130 Å². The molecule has 15 rings (SSSR count). The summed E-state index contributed by atoms with van der Waals surface area (Å²) in [5.41, 5.74) is 28.1. The lowest BCUT2D eigenvalue weighted by Gasteiger charge is -2.42. The highest BCUT2D eigenvalue weighted by Gasteiger charge is 2.48. The maximum Gasteiger partial charge on any atom is 0.252 e. The van der Waals surface area contributed by atoms with E-state index in [9.17, 15) is 0 Å². The number of fused-ring (bicyclic) bond motifs is 12. The van der Waals surface area contributed by atoms with Crippen molar-refractivity contribution >= 4 is 107 Å². The summed E-state index contributed by atoms with van der Waals surface area (Å²) < 4.78 is 9.56. The fraction of sp³-hybridized carbons (Fsp3) is 0.235. The molecule has 430 valence electrons. The molecule has 4 heterocycles. The van der Waals surface area contributed by atoms with E-state index in [0.717, 1.165) is 73.1 Å². The molecule has 0 bridgehead atoms. The van der Waals surface area contributed by atoms with E-state index in [4.69, 9.17) is 4.42 Å². The second kappa shape index (κ2) is 19.0. The topological polar surface area (TPSA) is 27.8 Å². The number of hydrogen-bond donors (Lipinski definition) is 0. The van der Waals surface area contributed by atoms with Crippen LogP contribution in [-0.2, 0) is 27.1 Å². The Morgan fingerprint density at radius 2 is 0.851 bits per heavy atom. The van der Waals surface area contributed by atoms with Crippen LogP contribution in [-0.4, -0.2) is 11.3 Å². The average molecular weight is 1130 g/mol. The average Bonchev–Trinajstić information content (AvgIpc) is 1.64.